The maximum absolute atomic E-state index is 13.8. The number of amides is 1. The Labute approximate surface area is 215 Å². The zero-order chi connectivity index (χ0) is 25.4. The van der Waals surface area contributed by atoms with Crippen LogP contribution < -0.4 is 10.2 Å². The fourth-order valence-corrected chi connectivity index (χ4v) is 5.20. The number of benzene rings is 2. The Morgan fingerprint density at radius 1 is 1.11 bits per heavy atom. The van der Waals surface area contributed by atoms with E-state index in [2.05, 4.69) is 4.90 Å². The molecule has 2 aliphatic rings. The minimum atomic E-state index is -0.561. The van der Waals surface area contributed by atoms with Crippen LogP contribution in [0.4, 0.5) is 0 Å². The van der Waals surface area contributed by atoms with E-state index in [0.717, 1.165) is 50.4 Å². The van der Waals surface area contributed by atoms with E-state index in [-0.39, 0.29) is 23.2 Å². The zero-order valence-corrected chi connectivity index (χ0v) is 21.6. The summed E-state index contributed by atoms with van der Waals surface area (Å²) >= 11 is 6.34. The number of rotatable bonds is 7. The molecule has 1 saturated heterocycles. The van der Waals surface area contributed by atoms with Crippen LogP contribution in [-0.2, 0) is 4.74 Å². The summed E-state index contributed by atoms with van der Waals surface area (Å²) in [4.78, 5) is 31.6. The first-order chi connectivity index (χ1) is 17.3. The van der Waals surface area contributed by atoms with E-state index in [9.17, 15) is 9.59 Å². The summed E-state index contributed by atoms with van der Waals surface area (Å²) in [7, 11) is 0. The molecule has 1 fully saturated rings. The van der Waals surface area contributed by atoms with E-state index in [1.54, 1.807) is 17.0 Å². The molecule has 2 aromatic carbocycles. The number of morpholine rings is 1. The Kier molecular flexibility index (Phi) is 7.06. The second-order valence-electron chi connectivity index (χ2n) is 9.72. The molecule has 5 rings (SSSR count). The number of carbonyl (C=O) groups excluding carboxylic acids is 1. The molecular formula is C28H31ClN2O5. The van der Waals surface area contributed by atoms with Crippen molar-refractivity contribution in [1.82, 2.24) is 9.80 Å². The van der Waals surface area contributed by atoms with Gasteiger partial charge in [-0.05, 0) is 62.6 Å². The molecule has 0 saturated carbocycles. The first-order valence-electron chi connectivity index (χ1n) is 12.5. The van der Waals surface area contributed by atoms with Gasteiger partial charge in [0.1, 0.15) is 11.3 Å². The van der Waals surface area contributed by atoms with Gasteiger partial charge in [-0.3, -0.25) is 14.5 Å². The van der Waals surface area contributed by atoms with Crippen LogP contribution in [0.2, 0.25) is 5.02 Å². The summed E-state index contributed by atoms with van der Waals surface area (Å²) in [6.45, 7) is 10.4. The highest BCUT2D eigenvalue weighted by atomic mass is 35.5. The monoisotopic (exact) mass is 510 g/mol. The van der Waals surface area contributed by atoms with Crippen molar-refractivity contribution < 1.29 is 18.7 Å². The molecule has 0 spiro atoms. The first kappa shape index (κ1) is 24.8. The molecule has 0 radical (unpaired) electrons. The summed E-state index contributed by atoms with van der Waals surface area (Å²) in [5, 5.41) is 0.872. The fraction of sp³-hybridized carbons (Fsp3) is 0.429. The molecule has 190 valence electrons. The van der Waals surface area contributed by atoms with Crippen molar-refractivity contribution in [2.24, 2.45) is 0 Å². The molecule has 1 unspecified atom stereocenters. The third kappa shape index (κ3) is 4.75. The first-order valence-corrected chi connectivity index (χ1v) is 12.9. The van der Waals surface area contributed by atoms with Crippen molar-refractivity contribution in [1.29, 1.82) is 0 Å². The van der Waals surface area contributed by atoms with Crippen LogP contribution >= 0.6 is 11.6 Å². The molecule has 1 aromatic heterocycles. The Hall–Kier alpha value is -2.87. The van der Waals surface area contributed by atoms with Crippen molar-refractivity contribution in [3.63, 3.8) is 0 Å². The summed E-state index contributed by atoms with van der Waals surface area (Å²) < 4.78 is 17.5. The second-order valence-corrected chi connectivity index (χ2v) is 10.1. The molecule has 8 heteroatoms. The van der Waals surface area contributed by atoms with E-state index in [1.807, 2.05) is 45.0 Å². The predicted molar refractivity (Wildman–Crippen MR) is 139 cm³/mol. The van der Waals surface area contributed by atoms with E-state index < -0.39 is 6.04 Å². The van der Waals surface area contributed by atoms with Gasteiger partial charge in [-0.25, -0.2) is 0 Å². The van der Waals surface area contributed by atoms with Gasteiger partial charge in [0.15, 0.2) is 5.43 Å². The third-order valence-electron chi connectivity index (χ3n) is 6.77. The van der Waals surface area contributed by atoms with Crippen LogP contribution in [0, 0.1) is 6.92 Å². The third-order valence-corrected chi connectivity index (χ3v) is 7.18. The average molecular weight is 511 g/mol. The van der Waals surface area contributed by atoms with Gasteiger partial charge in [-0.15, -0.1) is 0 Å². The number of carbonyl (C=O) groups is 1. The van der Waals surface area contributed by atoms with Gasteiger partial charge in [0, 0.05) is 31.2 Å². The van der Waals surface area contributed by atoms with Gasteiger partial charge < -0.3 is 18.8 Å². The molecule has 1 atom stereocenters. The van der Waals surface area contributed by atoms with Crippen LogP contribution in [0.1, 0.15) is 53.6 Å². The molecule has 1 amide bonds. The molecule has 2 aliphatic heterocycles. The Balaban J connectivity index is 1.56. The van der Waals surface area contributed by atoms with Crippen LogP contribution in [0.15, 0.2) is 45.6 Å². The maximum atomic E-state index is 13.8. The molecule has 0 N–H and O–H groups in total. The quantitative estimate of drug-likeness (QED) is 0.454. The van der Waals surface area contributed by atoms with Gasteiger partial charge in [0.2, 0.25) is 5.76 Å². The predicted octanol–water partition coefficient (Wildman–Crippen LogP) is 4.81. The largest absolute Gasteiger partial charge is 0.491 e. The van der Waals surface area contributed by atoms with Crippen LogP contribution in [0.5, 0.6) is 5.75 Å². The van der Waals surface area contributed by atoms with Crippen LogP contribution in [-0.4, -0.2) is 61.2 Å². The summed E-state index contributed by atoms with van der Waals surface area (Å²) in [5.74, 6) is 0.542. The number of fused-ring (bicyclic) bond motifs is 2. The van der Waals surface area contributed by atoms with Gasteiger partial charge in [-0.2, -0.15) is 0 Å². The second kappa shape index (κ2) is 10.2. The standard InChI is InChI=1S/C28H31ClN2O5/c1-17(2)35-20-7-4-6-19(15-20)25-24-26(32)21-16-22(29)18(3)14-23(21)36-27(24)28(33)31(25)9-5-8-30-10-12-34-13-11-30/h4,6-7,14-17,25H,5,8-13H2,1-3H3. The van der Waals surface area contributed by atoms with E-state index >= 15 is 0 Å². The van der Waals surface area contributed by atoms with Crippen molar-refractivity contribution in [3.05, 3.63) is 74.1 Å². The highest BCUT2D eigenvalue weighted by molar-refractivity contribution is 6.32. The smallest absolute Gasteiger partial charge is 0.290 e. The number of hydrogen-bond donors (Lipinski definition) is 0. The van der Waals surface area contributed by atoms with Crippen molar-refractivity contribution in [2.45, 2.75) is 39.3 Å². The molecule has 7 nitrogen and oxygen atoms in total. The summed E-state index contributed by atoms with van der Waals surface area (Å²) in [6, 6.07) is 10.4. The molecule has 3 aromatic rings. The van der Waals surface area contributed by atoms with Crippen molar-refractivity contribution in [3.8, 4) is 5.75 Å². The maximum Gasteiger partial charge on any atom is 0.290 e. The number of aryl methyl sites for hydroxylation is 1. The Morgan fingerprint density at radius 3 is 2.64 bits per heavy atom. The normalized spacial score (nSPS) is 18.3. The molecule has 3 heterocycles. The lowest BCUT2D eigenvalue weighted by Crippen LogP contribution is -2.38. The summed E-state index contributed by atoms with van der Waals surface area (Å²) in [6.07, 6.45) is 0.776. The molecular weight excluding hydrogens is 480 g/mol. The van der Waals surface area contributed by atoms with Crippen LogP contribution in [0.3, 0.4) is 0 Å². The number of nitrogens with zero attached hydrogens (tertiary/aromatic N) is 2. The SMILES string of the molecule is Cc1cc2oc3c(c(=O)c2cc1Cl)C(c1cccc(OC(C)C)c1)N(CCCN1CCOCC1)C3=O. The number of halogens is 1. The Morgan fingerprint density at radius 2 is 1.89 bits per heavy atom. The van der Waals surface area contributed by atoms with E-state index in [0.29, 0.717) is 33.8 Å². The van der Waals surface area contributed by atoms with Gasteiger partial charge >= 0.3 is 0 Å². The Bertz CT molecular complexity index is 1350. The van der Waals surface area contributed by atoms with E-state index in [1.165, 1.54) is 0 Å². The van der Waals surface area contributed by atoms with Gasteiger partial charge in [-0.1, -0.05) is 23.7 Å². The van der Waals surface area contributed by atoms with Crippen LogP contribution in [0.25, 0.3) is 11.0 Å². The number of hydrogen-bond acceptors (Lipinski definition) is 6. The number of ether oxygens (including phenoxy) is 2. The van der Waals surface area contributed by atoms with E-state index in [4.69, 9.17) is 25.5 Å². The minimum absolute atomic E-state index is 0.00164. The lowest BCUT2D eigenvalue weighted by molar-refractivity contribution is 0.0353. The van der Waals surface area contributed by atoms with Gasteiger partial charge in [0.05, 0.1) is 36.3 Å². The molecule has 0 bridgehead atoms. The van der Waals surface area contributed by atoms with Crippen molar-refractivity contribution >= 4 is 28.5 Å². The lowest BCUT2D eigenvalue weighted by atomic mass is 9.98. The average Bonchev–Trinajstić information content (AvgIpc) is 3.13. The molecule has 0 aliphatic carbocycles. The fourth-order valence-electron chi connectivity index (χ4n) is 5.04. The van der Waals surface area contributed by atoms with Gasteiger partial charge in [0.25, 0.3) is 5.91 Å². The lowest BCUT2D eigenvalue weighted by Gasteiger charge is -2.29. The topological polar surface area (TPSA) is 72.2 Å². The highest BCUT2D eigenvalue weighted by Gasteiger charge is 2.42. The minimum Gasteiger partial charge on any atom is -0.491 e. The highest BCUT2D eigenvalue weighted by Crippen LogP contribution is 2.39. The molecule has 36 heavy (non-hydrogen) atoms. The zero-order valence-electron chi connectivity index (χ0n) is 20.9. The van der Waals surface area contributed by atoms with Crippen molar-refractivity contribution in [2.75, 3.05) is 39.4 Å². The summed E-state index contributed by atoms with van der Waals surface area (Å²) in [5.41, 5.74) is 2.12.